The molecule has 5 nitrogen and oxygen atoms in total. The molecule has 2 fully saturated rings. The second-order valence-corrected chi connectivity index (χ2v) is 7.38. The molecule has 1 aromatic rings. The highest BCUT2D eigenvalue weighted by Crippen LogP contribution is 2.20. The van der Waals surface area contributed by atoms with E-state index in [9.17, 15) is 9.59 Å². The zero-order valence-corrected chi connectivity index (χ0v) is 16.3. The second kappa shape index (κ2) is 9.93. The lowest BCUT2D eigenvalue weighted by molar-refractivity contribution is -0.116. The second-order valence-electron chi connectivity index (χ2n) is 7.38. The van der Waals surface area contributed by atoms with E-state index in [4.69, 9.17) is 0 Å². The summed E-state index contributed by atoms with van der Waals surface area (Å²) in [5.74, 6) is 0.0185. The molecule has 0 radical (unpaired) electrons. The summed E-state index contributed by atoms with van der Waals surface area (Å²) in [6.45, 7) is 2.93. The average molecular weight is 380 g/mol. The number of rotatable bonds is 5. The minimum absolute atomic E-state index is 0. The third kappa shape index (κ3) is 5.71. The molecule has 0 aromatic heterocycles. The molecule has 3 N–H and O–H groups in total. The lowest BCUT2D eigenvalue weighted by atomic mass is 9.95. The lowest BCUT2D eigenvalue weighted by Gasteiger charge is -2.23. The highest BCUT2D eigenvalue weighted by molar-refractivity contribution is 5.96. The van der Waals surface area contributed by atoms with Crippen molar-refractivity contribution in [2.45, 2.75) is 70.4 Å². The van der Waals surface area contributed by atoms with Crippen LogP contribution in [0, 0.1) is 6.92 Å². The minimum atomic E-state index is -0.0111. The molecule has 1 aliphatic heterocycles. The monoisotopic (exact) mass is 379 g/mol. The van der Waals surface area contributed by atoms with Crippen LogP contribution >= 0.6 is 12.4 Å². The van der Waals surface area contributed by atoms with Crippen LogP contribution in [0.3, 0.4) is 0 Å². The van der Waals surface area contributed by atoms with E-state index in [-0.39, 0.29) is 24.2 Å². The van der Waals surface area contributed by atoms with Gasteiger partial charge in [0.15, 0.2) is 0 Å². The van der Waals surface area contributed by atoms with E-state index in [0.29, 0.717) is 24.1 Å². The molecule has 1 aromatic carbocycles. The maximum Gasteiger partial charge on any atom is 0.251 e. The van der Waals surface area contributed by atoms with Crippen molar-refractivity contribution < 1.29 is 9.59 Å². The first kappa shape index (κ1) is 20.7. The van der Waals surface area contributed by atoms with Gasteiger partial charge in [-0.25, -0.2) is 0 Å². The van der Waals surface area contributed by atoms with Crippen LogP contribution in [0.4, 0.5) is 5.69 Å². The largest absolute Gasteiger partial charge is 0.349 e. The van der Waals surface area contributed by atoms with Crippen LogP contribution in [-0.2, 0) is 4.79 Å². The Labute approximate surface area is 162 Å². The Hall–Kier alpha value is -1.59. The predicted octanol–water partition coefficient (Wildman–Crippen LogP) is 3.56. The van der Waals surface area contributed by atoms with E-state index in [1.165, 1.54) is 19.3 Å². The molecular formula is C20H30ClN3O2. The molecule has 144 valence electrons. The zero-order chi connectivity index (χ0) is 17.6. The van der Waals surface area contributed by atoms with Gasteiger partial charge in [0.2, 0.25) is 5.91 Å². The molecular weight excluding hydrogens is 350 g/mol. The summed E-state index contributed by atoms with van der Waals surface area (Å²) in [7, 11) is 0. The van der Waals surface area contributed by atoms with E-state index >= 15 is 0 Å². The van der Waals surface area contributed by atoms with Gasteiger partial charge in [-0.2, -0.15) is 0 Å². The Morgan fingerprint density at radius 2 is 1.88 bits per heavy atom. The predicted molar refractivity (Wildman–Crippen MR) is 107 cm³/mol. The summed E-state index contributed by atoms with van der Waals surface area (Å²) in [6.07, 6.45) is 8.53. The molecule has 3 rings (SSSR count). The smallest absolute Gasteiger partial charge is 0.251 e. The molecule has 26 heavy (non-hydrogen) atoms. The standard InChI is InChI=1S/C20H29N3O2.ClH/c1-14-12-15(20(25)22-16-6-3-2-4-7-16)9-10-18(14)23-19(24)13-17-8-5-11-21-17;/h9-10,12,16-17,21H,2-8,11,13H2,1H3,(H,22,25)(H,23,24);1H. The number of carbonyl (C=O) groups is 2. The normalized spacial score (nSPS) is 20.3. The molecule has 1 saturated heterocycles. The quantitative estimate of drug-likeness (QED) is 0.732. The number of carbonyl (C=O) groups excluding carboxylic acids is 2. The van der Waals surface area contributed by atoms with Crippen LogP contribution in [0.2, 0.25) is 0 Å². The lowest BCUT2D eigenvalue weighted by Crippen LogP contribution is -2.36. The van der Waals surface area contributed by atoms with Crippen molar-refractivity contribution in [3.63, 3.8) is 0 Å². The van der Waals surface area contributed by atoms with Gasteiger partial charge in [0.1, 0.15) is 0 Å². The van der Waals surface area contributed by atoms with Gasteiger partial charge in [-0.15, -0.1) is 12.4 Å². The third-order valence-electron chi connectivity index (χ3n) is 5.30. The first-order valence-corrected chi connectivity index (χ1v) is 9.56. The number of benzene rings is 1. The number of nitrogens with one attached hydrogen (secondary N) is 3. The van der Waals surface area contributed by atoms with E-state index in [1.807, 2.05) is 19.1 Å². The molecule has 1 aliphatic carbocycles. The molecule has 0 spiro atoms. The highest BCUT2D eigenvalue weighted by atomic mass is 35.5. The topological polar surface area (TPSA) is 70.2 Å². The molecule has 1 unspecified atom stereocenters. The zero-order valence-electron chi connectivity index (χ0n) is 15.5. The van der Waals surface area contributed by atoms with Crippen LogP contribution in [0.15, 0.2) is 18.2 Å². The number of anilines is 1. The summed E-state index contributed by atoms with van der Waals surface area (Å²) in [5, 5.41) is 9.45. The Balaban J connectivity index is 0.00000243. The van der Waals surface area contributed by atoms with Gasteiger partial charge >= 0.3 is 0 Å². The molecule has 2 amide bonds. The first-order valence-electron chi connectivity index (χ1n) is 9.56. The Kier molecular flexibility index (Phi) is 7.91. The van der Waals surface area contributed by atoms with Gasteiger partial charge in [-0.1, -0.05) is 19.3 Å². The molecule has 1 atom stereocenters. The average Bonchev–Trinajstić information content (AvgIpc) is 3.10. The fourth-order valence-corrected chi connectivity index (χ4v) is 3.82. The van der Waals surface area contributed by atoms with Crippen molar-refractivity contribution >= 4 is 29.9 Å². The Morgan fingerprint density at radius 3 is 2.54 bits per heavy atom. The van der Waals surface area contributed by atoms with Crippen LogP contribution in [0.25, 0.3) is 0 Å². The SMILES string of the molecule is Cc1cc(C(=O)NC2CCCCC2)ccc1NC(=O)CC1CCCN1.Cl. The summed E-state index contributed by atoms with van der Waals surface area (Å²) >= 11 is 0. The number of aryl methyl sites for hydroxylation is 1. The van der Waals surface area contributed by atoms with Crippen LogP contribution in [0.1, 0.15) is 67.3 Å². The number of halogens is 1. The molecule has 1 heterocycles. The van der Waals surface area contributed by atoms with Crippen molar-refractivity contribution in [2.75, 3.05) is 11.9 Å². The van der Waals surface area contributed by atoms with Gasteiger partial charge in [0, 0.05) is 29.8 Å². The third-order valence-corrected chi connectivity index (χ3v) is 5.30. The van der Waals surface area contributed by atoms with Crippen LogP contribution in [-0.4, -0.2) is 30.4 Å². The summed E-state index contributed by atoms with van der Waals surface area (Å²) in [4.78, 5) is 24.6. The fourth-order valence-electron chi connectivity index (χ4n) is 3.82. The molecule has 2 aliphatic rings. The Morgan fingerprint density at radius 1 is 1.12 bits per heavy atom. The van der Waals surface area contributed by atoms with Crippen molar-refractivity contribution in [3.8, 4) is 0 Å². The first-order chi connectivity index (χ1) is 12.1. The van der Waals surface area contributed by atoms with Gasteiger partial charge in [0.05, 0.1) is 0 Å². The van der Waals surface area contributed by atoms with E-state index in [2.05, 4.69) is 16.0 Å². The van der Waals surface area contributed by atoms with Gasteiger partial charge in [-0.3, -0.25) is 9.59 Å². The maximum absolute atomic E-state index is 12.4. The van der Waals surface area contributed by atoms with Gasteiger partial charge < -0.3 is 16.0 Å². The Bertz CT molecular complexity index is 623. The van der Waals surface area contributed by atoms with Crippen LogP contribution < -0.4 is 16.0 Å². The minimum Gasteiger partial charge on any atom is -0.349 e. The van der Waals surface area contributed by atoms with E-state index in [1.54, 1.807) is 6.07 Å². The fraction of sp³-hybridized carbons (Fsp3) is 0.600. The number of hydrogen-bond acceptors (Lipinski definition) is 3. The molecule has 0 bridgehead atoms. The highest BCUT2D eigenvalue weighted by Gasteiger charge is 2.19. The number of hydrogen-bond donors (Lipinski definition) is 3. The van der Waals surface area contributed by atoms with Crippen molar-refractivity contribution in [1.82, 2.24) is 10.6 Å². The van der Waals surface area contributed by atoms with Crippen LogP contribution in [0.5, 0.6) is 0 Å². The van der Waals surface area contributed by atoms with E-state index < -0.39 is 0 Å². The van der Waals surface area contributed by atoms with Crippen molar-refractivity contribution in [3.05, 3.63) is 29.3 Å². The van der Waals surface area contributed by atoms with Crippen molar-refractivity contribution in [2.24, 2.45) is 0 Å². The summed E-state index contributed by atoms with van der Waals surface area (Å²) < 4.78 is 0. The number of amides is 2. The summed E-state index contributed by atoms with van der Waals surface area (Å²) in [5.41, 5.74) is 2.37. The molecule has 6 heteroatoms. The molecule has 1 saturated carbocycles. The summed E-state index contributed by atoms with van der Waals surface area (Å²) in [6, 6.07) is 6.10. The van der Waals surface area contributed by atoms with Crippen molar-refractivity contribution in [1.29, 1.82) is 0 Å². The van der Waals surface area contributed by atoms with Gasteiger partial charge in [-0.05, 0) is 62.9 Å². The van der Waals surface area contributed by atoms with E-state index in [0.717, 1.165) is 43.5 Å². The maximum atomic E-state index is 12.4. The van der Waals surface area contributed by atoms with Gasteiger partial charge in [0.25, 0.3) is 5.91 Å².